The van der Waals surface area contributed by atoms with E-state index in [-0.39, 0.29) is 17.3 Å². The number of carbonyl (C=O) groups excluding carboxylic acids is 1. The second kappa shape index (κ2) is 9.09. The highest BCUT2D eigenvalue weighted by Crippen LogP contribution is 2.37. The van der Waals surface area contributed by atoms with Gasteiger partial charge in [-0.25, -0.2) is 0 Å². The maximum Gasteiger partial charge on any atom is 0.240 e. The molecule has 0 saturated carbocycles. The number of morpholine rings is 1. The Balaban J connectivity index is 1.56. The Hall–Kier alpha value is -2.56. The summed E-state index contributed by atoms with van der Waals surface area (Å²) in [5, 5.41) is -0.266. The molecule has 3 nitrogen and oxygen atoms in total. The van der Waals surface area contributed by atoms with Crippen molar-refractivity contribution in [1.82, 2.24) is 4.90 Å². The highest BCUT2D eigenvalue weighted by molar-refractivity contribution is 8.00. The fourth-order valence-corrected chi connectivity index (χ4v) is 4.54. The van der Waals surface area contributed by atoms with Crippen LogP contribution in [0.15, 0.2) is 95.9 Å². The first kappa shape index (κ1) is 18.8. The smallest absolute Gasteiger partial charge is 0.240 e. The molecule has 142 valence electrons. The molecule has 1 fully saturated rings. The van der Waals surface area contributed by atoms with E-state index in [0.29, 0.717) is 19.7 Å². The number of ether oxygens (including phenoxy) is 1. The minimum absolute atomic E-state index is 0.0722. The number of rotatable bonds is 5. The van der Waals surface area contributed by atoms with Crippen molar-refractivity contribution >= 4 is 17.7 Å². The van der Waals surface area contributed by atoms with Gasteiger partial charge in [0.05, 0.1) is 13.2 Å². The number of nitrogens with zero attached hydrogens (tertiary/aromatic N) is 1. The van der Waals surface area contributed by atoms with E-state index in [1.165, 1.54) is 0 Å². The number of hydrogen-bond donors (Lipinski definition) is 0. The SMILES string of the molecule is O=C(C(Sc1ccccc1)c1ccccc1)N1CCOC(c2ccccc2)C1. The second-order valence-electron chi connectivity index (χ2n) is 6.78. The molecule has 1 aliphatic rings. The van der Waals surface area contributed by atoms with Crippen LogP contribution < -0.4 is 0 Å². The van der Waals surface area contributed by atoms with E-state index < -0.39 is 0 Å². The lowest BCUT2D eigenvalue weighted by molar-refractivity contribution is -0.138. The van der Waals surface area contributed by atoms with E-state index >= 15 is 0 Å². The second-order valence-corrected chi connectivity index (χ2v) is 7.95. The van der Waals surface area contributed by atoms with Gasteiger partial charge in [0.2, 0.25) is 5.91 Å². The van der Waals surface area contributed by atoms with Crippen molar-refractivity contribution < 1.29 is 9.53 Å². The van der Waals surface area contributed by atoms with Gasteiger partial charge in [-0.2, -0.15) is 0 Å². The van der Waals surface area contributed by atoms with Crippen LogP contribution in [-0.4, -0.2) is 30.5 Å². The van der Waals surface area contributed by atoms with Crippen molar-refractivity contribution in [3.05, 3.63) is 102 Å². The third kappa shape index (κ3) is 4.46. The molecule has 0 spiro atoms. The molecule has 3 aromatic rings. The van der Waals surface area contributed by atoms with Gasteiger partial charge in [0.15, 0.2) is 0 Å². The lowest BCUT2D eigenvalue weighted by atomic mass is 10.1. The van der Waals surface area contributed by atoms with E-state index in [4.69, 9.17) is 4.74 Å². The highest BCUT2D eigenvalue weighted by Gasteiger charge is 2.31. The van der Waals surface area contributed by atoms with Crippen LogP contribution in [0.1, 0.15) is 22.5 Å². The van der Waals surface area contributed by atoms with Crippen molar-refractivity contribution in [3.63, 3.8) is 0 Å². The topological polar surface area (TPSA) is 29.5 Å². The monoisotopic (exact) mass is 389 g/mol. The van der Waals surface area contributed by atoms with Crippen LogP contribution in [0.3, 0.4) is 0 Å². The van der Waals surface area contributed by atoms with Crippen molar-refractivity contribution in [1.29, 1.82) is 0 Å². The normalized spacial score (nSPS) is 17.9. The molecule has 0 bridgehead atoms. The van der Waals surface area contributed by atoms with Gasteiger partial charge in [0, 0.05) is 11.4 Å². The van der Waals surface area contributed by atoms with Crippen molar-refractivity contribution in [2.24, 2.45) is 0 Å². The largest absolute Gasteiger partial charge is 0.370 e. The molecule has 2 unspecified atom stereocenters. The molecule has 1 saturated heterocycles. The van der Waals surface area contributed by atoms with Crippen LogP contribution in [0.5, 0.6) is 0 Å². The summed E-state index contributed by atoms with van der Waals surface area (Å²) in [6.45, 7) is 1.77. The van der Waals surface area contributed by atoms with Crippen LogP contribution in [-0.2, 0) is 9.53 Å². The van der Waals surface area contributed by atoms with E-state index in [0.717, 1.165) is 16.0 Å². The first-order valence-corrected chi connectivity index (χ1v) is 10.4. The van der Waals surface area contributed by atoms with Crippen molar-refractivity contribution in [2.75, 3.05) is 19.7 Å². The van der Waals surface area contributed by atoms with Crippen molar-refractivity contribution in [3.8, 4) is 0 Å². The predicted octanol–water partition coefficient (Wildman–Crippen LogP) is 5.12. The standard InChI is InChI=1S/C24H23NO2S/c26-24(25-16-17-27-22(18-25)19-10-4-1-5-11-19)23(20-12-6-2-7-13-20)28-21-14-8-3-9-15-21/h1-15,22-23H,16-18H2. The van der Waals surface area contributed by atoms with Crippen LogP contribution in [0, 0.1) is 0 Å². The number of carbonyl (C=O) groups is 1. The Morgan fingerprint density at radius 3 is 2.18 bits per heavy atom. The molecule has 4 rings (SSSR count). The van der Waals surface area contributed by atoms with Gasteiger partial charge >= 0.3 is 0 Å². The van der Waals surface area contributed by atoms with Gasteiger partial charge in [-0.05, 0) is 23.3 Å². The zero-order valence-electron chi connectivity index (χ0n) is 15.6. The predicted molar refractivity (Wildman–Crippen MR) is 113 cm³/mol. The van der Waals surface area contributed by atoms with Gasteiger partial charge in [-0.1, -0.05) is 78.9 Å². The summed E-state index contributed by atoms with van der Waals surface area (Å²) in [5.74, 6) is 0.143. The van der Waals surface area contributed by atoms with Crippen molar-refractivity contribution in [2.45, 2.75) is 16.2 Å². The summed E-state index contributed by atoms with van der Waals surface area (Å²) in [6, 6.07) is 30.3. The Morgan fingerprint density at radius 1 is 0.893 bits per heavy atom. The maximum atomic E-state index is 13.5. The molecular formula is C24H23NO2S. The Morgan fingerprint density at radius 2 is 1.50 bits per heavy atom. The Labute approximate surface area is 170 Å². The average molecular weight is 390 g/mol. The molecule has 1 heterocycles. The summed E-state index contributed by atoms with van der Waals surface area (Å²) < 4.78 is 5.95. The van der Waals surface area contributed by atoms with Gasteiger partial charge in [-0.3, -0.25) is 4.79 Å². The highest BCUT2D eigenvalue weighted by atomic mass is 32.2. The number of benzene rings is 3. The number of amides is 1. The van der Waals surface area contributed by atoms with Gasteiger partial charge in [-0.15, -0.1) is 11.8 Å². The van der Waals surface area contributed by atoms with Crippen LogP contribution >= 0.6 is 11.8 Å². The average Bonchev–Trinajstić information content (AvgIpc) is 2.79. The zero-order valence-corrected chi connectivity index (χ0v) is 16.4. The third-order valence-electron chi connectivity index (χ3n) is 4.87. The zero-order chi connectivity index (χ0) is 19.2. The molecule has 1 aliphatic heterocycles. The molecule has 0 N–H and O–H groups in total. The molecule has 0 radical (unpaired) electrons. The van der Waals surface area contributed by atoms with Crippen LogP contribution in [0.2, 0.25) is 0 Å². The van der Waals surface area contributed by atoms with E-state index in [1.54, 1.807) is 11.8 Å². The molecule has 3 aromatic carbocycles. The number of thioether (sulfide) groups is 1. The molecule has 0 aliphatic carbocycles. The maximum absolute atomic E-state index is 13.5. The molecular weight excluding hydrogens is 366 g/mol. The minimum atomic E-state index is -0.266. The fraction of sp³-hybridized carbons (Fsp3) is 0.208. The van der Waals surface area contributed by atoms with Crippen LogP contribution in [0.4, 0.5) is 0 Å². The third-order valence-corrected chi connectivity index (χ3v) is 6.13. The molecule has 28 heavy (non-hydrogen) atoms. The van der Waals surface area contributed by atoms with Gasteiger partial charge in [0.25, 0.3) is 0 Å². The van der Waals surface area contributed by atoms with E-state index in [9.17, 15) is 4.79 Å². The summed E-state index contributed by atoms with van der Waals surface area (Å²) in [7, 11) is 0. The number of hydrogen-bond acceptors (Lipinski definition) is 3. The first-order chi connectivity index (χ1) is 13.8. The lowest BCUT2D eigenvalue weighted by Gasteiger charge is -2.35. The molecule has 1 amide bonds. The summed E-state index contributed by atoms with van der Waals surface area (Å²) in [4.78, 5) is 16.6. The van der Waals surface area contributed by atoms with Crippen LogP contribution in [0.25, 0.3) is 0 Å². The quantitative estimate of drug-likeness (QED) is 0.567. The fourth-order valence-electron chi connectivity index (χ4n) is 3.41. The molecule has 4 heteroatoms. The minimum Gasteiger partial charge on any atom is -0.370 e. The molecule has 2 atom stereocenters. The summed E-state index contributed by atoms with van der Waals surface area (Å²) in [6.07, 6.45) is -0.0722. The Bertz CT molecular complexity index is 886. The summed E-state index contributed by atoms with van der Waals surface area (Å²) >= 11 is 1.61. The molecule has 0 aromatic heterocycles. The first-order valence-electron chi connectivity index (χ1n) is 9.53. The van der Waals surface area contributed by atoms with Gasteiger partial charge < -0.3 is 9.64 Å². The van der Waals surface area contributed by atoms with E-state index in [1.807, 2.05) is 71.6 Å². The lowest BCUT2D eigenvalue weighted by Crippen LogP contribution is -2.43. The Kier molecular flexibility index (Phi) is 6.10. The van der Waals surface area contributed by atoms with E-state index in [2.05, 4.69) is 24.3 Å². The van der Waals surface area contributed by atoms with Gasteiger partial charge in [0.1, 0.15) is 11.4 Å². The summed E-state index contributed by atoms with van der Waals surface area (Å²) in [5.41, 5.74) is 2.15.